The number of aryl methyl sites for hydroxylation is 1. The van der Waals surface area contributed by atoms with Gasteiger partial charge in [-0.1, -0.05) is 42.8 Å². The lowest BCUT2D eigenvalue weighted by Crippen LogP contribution is -2.41. The number of halogens is 1. The summed E-state index contributed by atoms with van der Waals surface area (Å²) in [6, 6.07) is 18.3. The first-order chi connectivity index (χ1) is 16.4. The van der Waals surface area contributed by atoms with Crippen molar-refractivity contribution in [1.82, 2.24) is 10.9 Å². The number of nitrogens with one attached hydrogen (secondary N) is 3. The van der Waals surface area contributed by atoms with Gasteiger partial charge in [0, 0.05) is 16.7 Å². The highest BCUT2D eigenvalue weighted by Crippen LogP contribution is 2.27. The van der Waals surface area contributed by atoms with Gasteiger partial charge in [0.2, 0.25) is 0 Å². The Morgan fingerprint density at radius 1 is 0.882 bits per heavy atom. The van der Waals surface area contributed by atoms with Gasteiger partial charge < -0.3 is 14.8 Å². The summed E-state index contributed by atoms with van der Waals surface area (Å²) in [5, 5.41) is 3.14. The van der Waals surface area contributed by atoms with Gasteiger partial charge in [0.25, 0.3) is 17.7 Å². The van der Waals surface area contributed by atoms with Crippen LogP contribution in [0.3, 0.4) is 0 Å². The minimum atomic E-state index is -0.589. The summed E-state index contributed by atoms with van der Waals surface area (Å²) >= 11 is 5.93. The van der Waals surface area contributed by atoms with Crippen LogP contribution in [0, 0.1) is 0 Å². The second kappa shape index (κ2) is 11.7. The molecule has 0 heterocycles. The standard InChI is InChI=1S/C25H24ClN3O5/c1-3-16-8-10-17(11-9-16)24(31)28-29-25(32)19-6-4-5-7-21(19)34-15-23(30)27-20-13-12-18(26)14-22(20)33-2/h4-14H,3,15H2,1-2H3,(H,27,30)(H,28,31)(H,29,32). The molecular weight excluding hydrogens is 458 g/mol. The first kappa shape index (κ1) is 24.6. The topological polar surface area (TPSA) is 106 Å². The second-order valence-corrected chi connectivity index (χ2v) is 7.57. The number of methoxy groups -OCH3 is 1. The Morgan fingerprint density at radius 2 is 1.59 bits per heavy atom. The van der Waals surface area contributed by atoms with Crippen molar-refractivity contribution in [3.63, 3.8) is 0 Å². The number of para-hydroxylation sites is 1. The van der Waals surface area contributed by atoms with Crippen molar-refractivity contribution in [3.8, 4) is 11.5 Å². The third-order valence-electron chi connectivity index (χ3n) is 4.84. The van der Waals surface area contributed by atoms with Crippen molar-refractivity contribution >= 4 is 35.0 Å². The number of ether oxygens (including phenoxy) is 2. The molecule has 9 heteroatoms. The second-order valence-electron chi connectivity index (χ2n) is 7.14. The van der Waals surface area contributed by atoms with E-state index in [1.807, 2.05) is 19.1 Å². The Hall–Kier alpha value is -4.04. The lowest BCUT2D eigenvalue weighted by atomic mass is 10.1. The fraction of sp³-hybridized carbons (Fsp3) is 0.160. The van der Waals surface area contributed by atoms with E-state index in [4.69, 9.17) is 21.1 Å². The summed E-state index contributed by atoms with van der Waals surface area (Å²) < 4.78 is 10.8. The first-order valence-electron chi connectivity index (χ1n) is 10.5. The zero-order valence-corrected chi connectivity index (χ0v) is 19.4. The van der Waals surface area contributed by atoms with Gasteiger partial charge in [-0.2, -0.15) is 0 Å². The van der Waals surface area contributed by atoms with Crippen LogP contribution in [-0.4, -0.2) is 31.4 Å². The van der Waals surface area contributed by atoms with Crippen LogP contribution in [0.1, 0.15) is 33.2 Å². The molecule has 0 radical (unpaired) electrons. The number of hydrazine groups is 1. The van der Waals surface area contributed by atoms with E-state index < -0.39 is 17.7 Å². The highest BCUT2D eigenvalue weighted by atomic mass is 35.5. The molecule has 8 nitrogen and oxygen atoms in total. The van der Waals surface area contributed by atoms with Crippen LogP contribution in [0.15, 0.2) is 66.7 Å². The van der Waals surface area contributed by atoms with E-state index >= 15 is 0 Å². The van der Waals surface area contributed by atoms with Crippen LogP contribution in [0.2, 0.25) is 5.02 Å². The molecule has 3 amide bonds. The van der Waals surface area contributed by atoms with Crippen LogP contribution >= 0.6 is 11.6 Å². The van der Waals surface area contributed by atoms with Crippen LogP contribution < -0.4 is 25.6 Å². The van der Waals surface area contributed by atoms with E-state index in [0.29, 0.717) is 22.0 Å². The molecule has 0 fully saturated rings. The zero-order valence-electron chi connectivity index (χ0n) is 18.7. The van der Waals surface area contributed by atoms with Gasteiger partial charge >= 0.3 is 0 Å². The highest BCUT2D eigenvalue weighted by molar-refractivity contribution is 6.30. The summed E-state index contributed by atoms with van der Waals surface area (Å²) in [5.74, 6) is -0.917. The molecule has 0 aliphatic carbocycles. The summed E-state index contributed by atoms with van der Waals surface area (Å²) in [6.45, 7) is 1.67. The molecular formula is C25H24ClN3O5. The molecule has 176 valence electrons. The molecule has 0 aliphatic heterocycles. The largest absolute Gasteiger partial charge is 0.495 e. The third-order valence-corrected chi connectivity index (χ3v) is 5.08. The Labute approximate surface area is 202 Å². The van der Waals surface area contributed by atoms with E-state index in [0.717, 1.165) is 12.0 Å². The van der Waals surface area contributed by atoms with Crippen molar-refractivity contribution < 1.29 is 23.9 Å². The quantitative estimate of drug-likeness (QED) is 0.422. The van der Waals surface area contributed by atoms with Crippen LogP contribution in [0.4, 0.5) is 5.69 Å². The number of hydrogen-bond donors (Lipinski definition) is 3. The third kappa shape index (κ3) is 6.49. The Morgan fingerprint density at radius 3 is 2.29 bits per heavy atom. The monoisotopic (exact) mass is 481 g/mol. The average Bonchev–Trinajstić information content (AvgIpc) is 2.87. The van der Waals surface area contributed by atoms with E-state index in [1.54, 1.807) is 48.5 Å². The fourth-order valence-electron chi connectivity index (χ4n) is 3.02. The predicted molar refractivity (Wildman–Crippen MR) is 129 cm³/mol. The lowest BCUT2D eigenvalue weighted by molar-refractivity contribution is -0.118. The molecule has 0 bridgehead atoms. The molecule has 3 aromatic rings. The maximum atomic E-state index is 12.6. The van der Waals surface area contributed by atoms with Gasteiger partial charge in [-0.05, 0) is 48.4 Å². The number of rotatable bonds is 8. The van der Waals surface area contributed by atoms with Gasteiger partial charge in [0.15, 0.2) is 6.61 Å². The summed E-state index contributed by atoms with van der Waals surface area (Å²) in [7, 11) is 1.46. The highest BCUT2D eigenvalue weighted by Gasteiger charge is 2.15. The molecule has 0 saturated heterocycles. The minimum absolute atomic E-state index is 0.154. The van der Waals surface area contributed by atoms with E-state index in [-0.39, 0.29) is 17.9 Å². The summed E-state index contributed by atoms with van der Waals surface area (Å²) in [5.41, 5.74) is 6.85. The van der Waals surface area contributed by atoms with Crippen LogP contribution in [0.25, 0.3) is 0 Å². The molecule has 3 rings (SSSR count). The molecule has 34 heavy (non-hydrogen) atoms. The van der Waals surface area contributed by atoms with Crippen molar-refractivity contribution in [2.24, 2.45) is 0 Å². The Balaban J connectivity index is 1.58. The van der Waals surface area contributed by atoms with Crippen molar-refractivity contribution in [3.05, 3.63) is 88.4 Å². The number of benzene rings is 3. The van der Waals surface area contributed by atoms with Crippen LogP contribution in [0.5, 0.6) is 11.5 Å². The molecule has 0 atom stereocenters. The number of anilines is 1. The molecule has 0 aliphatic rings. The molecule has 0 saturated carbocycles. The average molecular weight is 482 g/mol. The SMILES string of the molecule is CCc1ccc(C(=O)NNC(=O)c2ccccc2OCC(=O)Nc2ccc(Cl)cc2OC)cc1. The predicted octanol–water partition coefficient (Wildman–Crippen LogP) is 4.00. The van der Waals surface area contributed by atoms with Gasteiger partial charge in [-0.15, -0.1) is 0 Å². The number of carbonyl (C=O) groups excluding carboxylic acids is 3. The lowest BCUT2D eigenvalue weighted by Gasteiger charge is -2.13. The molecule has 3 N–H and O–H groups in total. The first-order valence-corrected chi connectivity index (χ1v) is 10.8. The Kier molecular flexibility index (Phi) is 8.48. The molecule has 3 aromatic carbocycles. The maximum absolute atomic E-state index is 12.6. The van der Waals surface area contributed by atoms with Gasteiger partial charge in [-0.25, -0.2) is 0 Å². The van der Waals surface area contributed by atoms with Crippen molar-refractivity contribution in [1.29, 1.82) is 0 Å². The molecule has 0 spiro atoms. The van der Waals surface area contributed by atoms with Gasteiger partial charge in [0.05, 0.1) is 18.4 Å². The minimum Gasteiger partial charge on any atom is -0.495 e. The number of amides is 3. The molecule has 0 aromatic heterocycles. The van der Waals surface area contributed by atoms with Crippen molar-refractivity contribution in [2.75, 3.05) is 19.0 Å². The normalized spacial score (nSPS) is 10.2. The smallest absolute Gasteiger partial charge is 0.273 e. The summed E-state index contributed by atoms with van der Waals surface area (Å²) in [4.78, 5) is 37.3. The maximum Gasteiger partial charge on any atom is 0.273 e. The van der Waals surface area contributed by atoms with Gasteiger partial charge in [-0.3, -0.25) is 25.2 Å². The van der Waals surface area contributed by atoms with E-state index in [9.17, 15) is 14.4 Å². The van der Waals surface area contributed by atoms with E-state index in [2.05, 4.69) is 16.2 Å². The Bertz CT molecular complexity index is 1180. The zero-order chi connectivity index (χ0) is 24.5. The fourth-order valence-corrected chi connectivity index (χ4v) is 3.18. The number of hydrogen-bond acceptors (Lipinski definition) is 5. The van der Waals surface area contributed by atoms with Crippen molar-refractivity contribution in [2.45, 2.75) is 13.3 Å². The molecule has 0 unspecified atom stereocenters. The van der Waals surface area contributed by atoms with Gasteiger partial charge in [0.1, 0.15) is 11.5 Å². The van der Waals surface area contributed by atoms with Crippen LogP contribution in [-0.2, 0) is 11.2 Å². The van der Waals surface area contributed by atoms with E-state index in [1.165, 1.54) is 13.2 Å². The summed E-state index contributed by atoms with van der Waals surface area (Å²) in [6.07, 6.45) is 0.862. The number of carbonyl (C=O) groups is 3.